The summed E-state index contributed by atoms with van der Waals surface area (Å²) in [5.74, 6) is 0.708. The highest BCUT2D eigenvalue weighted by molar-refractivity contribution is 5.36. The molecule has 2 heterocycles. The van der Waals surface area contributed by atoms with Crippen molar-refractivity contribution in [3.05, 3.63) is 12.7 Å². The summed E-state index contributed by atoms with van der Waals surface area (Å²) in [6, 6.07) is 0.255. The van der Waals surface area contributed by atoms with E-state index in [-0.39, 0.29) is 12.0 Å². The Bertz CT molecular complexity index is 406. The molecule has 18 heavy (non-hydrogen) atoms. The first-order chi connectivity index (χ1) is 8.79. The minimum atomic E-state index is 0.167. The quantitative estimate of drug-likeness (QED) is 0.592. The van der Waals surface area contributed by atoms with Crippen LogP contribution in [0.2, 0.25) is 0 Å². The largest absolute Gasteiger partial charge is 0.463 e. The predicted octanol–water partition coefficient (Wildman–Crippen LogP) is 0.245. The summed E-state index contributed by atoms with van der Waals surface area (Å²) in [6.45, 7) is 6.92. The molecule has 0 aliphatic carbocycles. The third kappa shape index (κ3) is 3.30. The molecule has 0 spiro atoms. The molecule has 0 aromatic carbocycles. The van der Waals surface area contributed by atoms with E-state index in [9.17, 15) is 0 Å². The highest BCUT2D eigenvalue weighted by Crippen LogP contribution is 2.14. The van der Waals surface area contributed by atoms with Gasteiger partial charge in [0.25, 0.3) is 0 Å². The van der Waals surface area contributed by atoms with E-state index in [2.05, 4.69) is 21.5 Å². The first kappa shape index (κ1) is 12.6. The van der Waals surface area contributed by atoms with Gasteiger partial charge in [-0.25, -0.2) is 0 Å². The Morgan fingerprint density at radius 1 is 1.33 bits per heavy atom. The summed E-state index contributed by atoms with van der Waals surface area (Å²) in [6.07, 6.45) is 2.51. The number of morpholine rings is 1. The zero-order valence-corrected chi connectivity index (χ0v) is 10.2. The number of nitrogens with two attached hydrogens (primary N) is 1. The SMILES string of the molecule is C=CCCOc1nc(N)nc(N2CCOCC2)n1. The van der Waals surface area contributed by atoms with Gasteiger partial charge in [0.05, 0.1) is 19.8 Å². The zero-order chi connectivity index (χ0) is 12.8. The molecule has 0 unspecified atom stereocenters. The van der Waals surface area contributed by atoms with E-state index in [1.807, 2.05) is 4.90 Å². The van der Waals surface area contributed by atoms with Crippen LogP contribution in [0.3, 0.4) is 0 Å². The summed E-state index contributed by atoms with van der Waals surface area (Å²) in [7, 11) is 0. The van der Waals surface area contributed by atoms with Crippen LogP contribution in [0, 0.1) is 0 Å². The fraction of sp³-hybridized carbons (Fsp3) is 0.545. The van der Waals surface area contributed by atoms with Crippen LogP contribution in [-0.2, 0) is 4.74 Å². The second-order valence-corrected chi connectivity index (χ2v) is 3.80. The van der Waals surface area contributed by atoms with Crippen molar-refractivity contribution in [2.75, 3.05) is 43.5 Å². The summed E-state index contributed by atoms with van der Waals surface area (Å²) < 4.78 is 10.7. The van der Waals surface area contributed by atoms with Crippen LogP contribution in [-0.4, -0.2) is 47.9 Å². The third-order valence-electron chi connectivity index (χ3n) is 2.47. The molecule has 0 radical (unpaired) electrons. The molecule has 1 aliphatic heterocycles. The van der Waals surface area contributed by atoms with Gasteiger partial charge in [0, 0.05) is 13.1 Å². The second-order valence-electron chi connectivity index (χ2n) is 3.80. The van der Waals surface area contributed by atoms with Crippen LogP contribution < -0.4 is 15.4 Å². The Kier molecular flexibility index (Phi) is 4.30. The molecular formula is C11H17N5O2. The maximum Gasteiger partial charge on any atom is 0.323 e. The lowest BCUT2D eigenvalue weighted by Crippen LogP contribution is -2.37. The number of hydrogen-bond acceptors (Lipinski definition) is 7. The minimum absolute atomic E-state index is 0.167. The fourth-order valence-electron chi connectivity index (χ4n) is 1.56. The van der Waals surface area contributed by atoms with Crippen molar-refractivity contribution in [1.82, 2.24) is 15.0 Å². The molecule has 0 bridgehead atoms. The van der Waals surface area contributed by atoms with E-state index in [1.165, 1.54) is 0 Å². The summed E-state index contributed by atoms with van der Waals surface area (Å²) in [5.41, 5.74) is 5.65. The molecule has 0 saturated carbocycles. The Hall–Kier alpha value is -1.89. The van der Waals surface area contributed by atoms with Crippen LogP contribution >= 0.6 is 0 Å². The van der Waals surface area contributed by atoms with Crippen LogP contribution in [0.4, 0.5) is 11.9 Å². The lowest BCUT2D eigenvalue weighted by Gasteiger charge is -2.26. The van der Waals surface area contributed by atoms with Crippen molar-refractivity contribution in [2.24, 2.45) is 0 Å². The number of ether oxygens (including phenoxy) is 2. The van der Waals surface area contributed by atoms with Gasteiger partial charge < -0.3 is 20.1 Å². The number of nitrogens with zero attached hydrogens (tertiary/aromatic N) is 4. The number of anilines is 2. The zero-order valence-electron chi connectivity index (χ0n) is 10.2. The van der Waals surface area contributed by atoms with Gasteiger partial charge in [0.2, 0.25) is 11.9 Å². The van der Waals surface area contributed by atoms with Gasteiger partial charge in [-0.1, -0.05) is 6.08 Å². The van der Waals surface area contributed by atoms with Crippen molar-refractivity contribution in [3.63, 3.8) is 0 Å². The lowest BCUT2D eigenvalue weighted by atomic mass is 10.4. The molecule has 1 aromatic rings. The molecule has 1 saturated heterocycles. The summed E-state index contributed by atoms with van der Waals surface area (Å²) in [4.78, 5) is 14.3. The van der Waals surface area contributed by atoms with Crippen molar-refractivity contribution in [1.29, 1.82) is 0 Å². The molecule has 2 rings (SSSR count). The Morgan fingerprint density at radius 2 is 2.11 bits per heavy atom. The lowest BCUT2D eigenvalue weighted by molar-refractivity contribution is 0.122. The van der Waals surface area contributed by atoms with Crippen LogP contribution in [0.5, 0.6) is 6.01 Å². The predicted molar refractivity (Wildman–Crippen MR) is 67.6 cm³/mol. The maximum atomic E-state index is 5.65. The minimum Gasteiger partial charge on any atom is -0.463 e. The Labute approximate surface area is 106 Å². The highest BCUT2D eigenvalue weighted by Gasteiger charge is 2.16. The van der Waals surface area contributed by atoms with Crippen LogP contribution in [0.15, 0.2) is 12.7 Å². The average molecular weight is 251 g/mol. The fourth-order valence-corrected chi connectivity index (χ4v) is 1.56. The number of rotatable bonds is 5. The second kappa shape index (κ2) is 6.15. The number of aromatic nitrogens is 3. The molecule has 0 atom stereocenters. The van der Waals surface area contributed by atoms with E-state index in [4.69, 9.17) is 15.2 Å². The maximum absolute atomic E-state index is 5.65. The average Bonchev–Trinajstić information content (AvgIpc) is 2.39. The van der Waals surface area contributed by atoms with Crippen molar-refractivity contribution in [2.45, 2.75) is 6.42 Å². The van der Waals surface area contributed by atoms with E-state index < -0.39 is 0 Å². The van der Waals surface area contributed by atoms with Gasteiger partial charge >= 0.3 is 6.01 Å². The summed E-state index contributed by atoms with van der Waals surface area (Å²) in [5, 5.41) is 0. The summed E-state index contributed by atoms with van der Waals surface area (Å²) >= 11 is 0. The molecule has 7 nitrogen and oxygen atoms in total. The monoisotopic (exact) mass is 251 g/mol. The van der Waals surface area contributed by atoms with E-state index in [0.717, 1.165) is 19.5 Å². The van der Waals surface area contributed by atoms with Gasteiger partial charge in [-0.2, -0.15) is 15.0 Å². The molecular weight excluding hydrogens is 234 g/mol. The number of hydrogen-bond donors (Lipinski definition) is 1. The van der Waals surface area contributed by atoms with Gasteiger partial charge in [-0.05, 0) is 6.42 Å². The highest BCUT2D eigenvalue weighted by atomic mass is 16.5. The molecule has 7 heteroatoms. The van der Waals surface area contributed by atoms with E-state index in [1.54, 1.807) is 6.08 Å². The van der Waals surface area contributed by atoms with Crippen LogP contribution in [0.1, 0.15) is 6.42 Å². The first-order valence-corrected chi connectivity index (χ1v) is 5.87. The van der Waals surface area contributed by atoms with Crippen molar-refractivity contribution >= 4 is 11.9 Å². The van der Waals surface area contributed by atoms with Gasteiger partial charge in [0.1, 0.15) is 0 Å². The number of nitrogen functional groups attached to an aromatic ring is 1. The van der Waals surface area contributed by atoms with E-state index >= 15 is 0 Å². The van der Waals surface area contributed by atoms with Gasteiger partial charge in [-0.3, -0.25) is 0 Å². The van der Waals surface area contributed by atoms with Crippen molar-refractivity contribution in [3.8, 4) is 6.01 Å². The van der Waals surface area contributed by atoms with Gasteiger partial charge in [0.15, 0.2) is 0 Å². The molecule has 98 valence electrons. The smallest absolute Gasteiger partial charge is 0.323 e. The Morgan fingerprint density at radius 3 is 2.83 bits per heavy atom. The molecule has 1 fully saturated rings. The normalized spacial score (nSPS) is 15.4. The topological polar surface area (TPSA) is 86.4 Å². The van der Waals surface area contributed by atoms with Crippen molar-refractivity contribution < 1.29 is 9.47 Å². The first-order valence-electron chi connectivity index (χ1n) is 5.87. The van der Waals surface area contributed by atoms with Gasteiger partial charge in [-0.15, -0.1) is 6.58 Å². The molecule has 1 aliphatic rings. The van der Waals surface area contributed by atoms with E-state index in [0.29, 0.717) is 25.8 Å². The Balaban J connectivity index is 2.07. The third-order valence-corrected chi connectivity index (χ3v) is 2.47. The molecule has 1 aromatic heterocycles. The van der Waals surface area contributed by atoms with Crippen LogP contribution in [0.25, 0.3) is 0 Å². The molecule has 0 amide bonds. The standard InChI is InChI=1S/C11H17N5O2/c1-2-3-6-18-11-14-9(12)13-10(15-11)16-4-7-17-8-5-16/h2H,1,3-8H2,(H2,12,13,14,15). The molecule has 2 N–H and O–H groups in total.